The summed E-state index contributed by atoms with van der Waals surface area (Å²) in [5.41, 5.74) is 1.81. The van der Waals surface area contributed by atoms with Gasteiger partial charge >= 0.3 is 0 Å². The summed E-state index contributed by atoms with van der Waals surface area (Å²) in [5.74, 6) is -1.50. The number of hydrogen-bond donors (Lipinski definition) is 4. The van der Waals surface area contributed by atoms with Gasteiger partial charge in [0.15, 0.2) is 0 Å². The second kappa shape index (κ2) is 15.2. The van der Waals surface area contributed by atoms with Gasteiger partial charge in [0.1, 0.15) is 18.1 Å². The number of fused-ring (bicyclic) bond motifs is 18. The van der Waals surface area contributed by atoms with E-state index in [2.05, 4.69) is 21.3 Å². The topological polar surface area (TPSA) is 137 Å². The average Bonchev–Trinajstić information content (AvgIpc) is 3.77. The Bertz CT molecular complexity index is 1360. The second-order valence-corrected chi connectivity index (χ2v) is 13.1. The van der Waals surface area contributed by atoms with Gasteiger partial charge in [-0.25, -0.2) is 0 Å². The molecule has 10 nitrogen and oxygen atoms in total. The molecular formula is C35H47N5O5. The van der Waals surface area contributed by atoms with Crippen molar-refractivity contribution in [2.24, 2.45) is 11.3 Å². The van der Waals surface area contributed by atoms with Crippen molar-refractivity contribution in [3.8, 4) is 0 Å². The smallest absolute Gasteiger partial charge is 0.251 e. The van der Waals surface area contributed by atoms with Crippen molar-refractivity contribution < 1.29 is 24.0 Å². The minimum absolute atomic E-state index is 0.0780. The number of amides is 5. The highest BCUT2D eigenvalue weighted by Gasteiger charge is 2.47. The molecule has 0 saturated heterocycles. The zero-order chi connectivity index (χ0) is 32.6. The van der Waals surface area contributed by atoms with E-state index in [4.69, 9.17) is 0 Å². The molecule has 242 valence electrons. The molecule has 1 fully saturated rings. The Labute approximate surface area is 266 Å². The molecule has 1 aliphatic carbocycles. The highest BCUT2D eigenvalue weighted by atomic mass is 16.2. The van der Waals surface area contributed by atoms with Crippen LogP contribution in [-0.2, 0) is 32.1 Å². The number of benzene rings is 2. The summed E-state index contributed by atoms with van der Waals surface area (Å²) >= 11 is 0. The van der Waals surface area contributed by atoms with Crippen molar-refractivity contribution in [1.82, 2.24) is 26.2 Å². The van der Waals surface area contributed by atoms with Gasteiger partial charge in [0.25, 0.3) is 5.91 Å². The van der Waals surface area contributed by atoms with E-state index in [1.54, 1.807) is 19.1 Å². The molecule has 2 aromatic rings. The molecule has 5 rings (SSSR count). The summed E-state index contributed by atoms with van der Waals surface area (Å²) in [6.07, 6.45) is 3.69. The standard InChI is InChI=1S/C35H47N5O5/c1-23(2)20-28-32(43)37-24(3)30(41)36-18-8-9-19-40(34(45)35(4)16-17-35)22-26-12-14-27(15-13-26)31(42)38-29(33(44)39-28)21-25-10-6-5-7-11-25/h5-7,10-15,23-24,28-29H,8-9,16-22H2,1-4H3,(H,36,41)(H,37,43)(H,38,42)(H,39,44)/t24-,28+,29-/m1/s1. The monoisotopic (exact) mass is 617 g/mol. The van der Waals surface area contributed by atoms with Gasteiger partial charge in [0, 0.05) is 37.0 Å². The minimum atomic E-state index is -0.954. The molecule has 0 unspecified atom stereocenters. The van der Waals surface area contributed by atoms with Gasteiger partial charge in [-0.15, -0.1) is 0 Å². The van der Waals surface area contributed by atoms with Crippen molar-refractivity contribution >= 4 is 29.5 Å². The number of carbonyl (C=O) groups is 5. The Balaban J connectivity index is 1.60. The molecule has 2 heterocycles. The van der Waals surface area contributed by atoms with Crippen molar-refractivity contribution in [2.45, 2.75) is 90.9 Å². The first-order valence-electron chi connectivity index (χ1n) is 16.1. The number of nitrogens with one attached hydrogen (secondary N) is 4. The molecule has 4 N–H and O–H groups in total. The second-order valence-electron chi connectivity index (χ2n) is 13.1. The lowest BCUT2D eigenvalue weighted by Gasteiger charge is -2.26. The van der Waals surface area contributed by atoms with E-state index in [0.29, 0.717) is 44.5 Å². The Kier molecular flexibility index (Phi) is 11.4. The Hall–Kier alpha value is -4.21. The Morgan fingerprint density at radius 3 is 2.18 bits per heavy atom. The zero-order valence-corrected chi connectivity index (χ0v) is 26.9. The van der Waals surface area contributed by atoms with Crippen LogP contribution in [0.15, 0.2) is 54.6 Å². The van der Waals surface area contributed by atoms with Crippen LogP contribution in [0.2, 0.25) is 0 Å². The van der Waals surface area contributed by atoms with E-state index in [1.807, 2.05) is 68.1 Å². The van der Waals surface area contributed by atoms with Crippen LogP contribution in [0.4, 0.5) is 0 Å². The van der Waals surface area contributed by atoms with E-state index in [9.17, 15) is 24.0 Å². The van der Waals surface area contributed by atoms with Gasteiger partial charge in [0.2, 0.25) is 23.6 Å². The first-order chi connectivity index (χ1) is 21.4. The van der Waals surface area contributed by atoms with Crippen LogP contribution >= 0.6 is 0 Å². The summed E-state index contributed by atoms with van der Waals surface area (Å²) in [4.78, 5) is 68.4. The molecule has 10 heteroatoms. The van der Waals surface area contributed by atoms with Crippen LogP contribution < -0.4 is 21.3 Å². The maximum absolute atomic E-state index is 13.7. The van der Waals surface area contributed by atoms with Crippen molar-refractivity contribution in [3.05, 3.63) is 71.3 Å². The SMILES string of the molecule is CC(C)C[C@@H]1NC(=O)[C@@H](Cc2ccccc2)NC(=O)c2ccc(cc2)CN(C(=O)C2(C)CC2)CCCCNC(=O)[C@@H](C)NC1=O. The van der Waals surface area contributed by atoms with Crippen LogP contribution in [0.5, 0.6) is 0 Å². The molecule has 1 saturated carbocycles. The van der Waals surface area contributed by atoms with Crippen molar-refractivity contribution in [3.63, 3.8) is 0 Å². The molecule has 2 aromatic carbocycles. The van der Waals surface area contributed by atoms with Crippen LogP contribution in [-0.4, -0.2) is 65.7 Å². The van der Waals surface area contributed by atoms with Crippen LogP contribution in [0, 0.1) is 11.3 Å². The number of rotatable bonds is 5. The van der Waals surface area contributed by atoms with E-state index in [1.165, 1.54) is 0 Å². The van der Waals surface area contributed by atoms with E-state index >= 15 is 0 Å². The molecule has 5 amide bonds. The normalized spacial score (nSPS) is 23.3. The summed E-state index contributed by atoms with van der Waals surface area (Å²) in [7, 11) is 0. The van der Waals surface area contributed by atoms with E-state index < -0.39 is 35.8 Å². The lowest BCUT2D eigenvalue weighted by Crippen LogP contribution is -2.57. The van der Waals surface area contributed by atoms with Gasteiger partial charge in [-0.05, 0) is 68.2 Å². The van der Waals surface area contributed by atoms with E-state index in [0.717, 1.165) is 24.0 Å². The third kappa shape index (κ3) is 9.64. The fourth-order valence-corrected chi connectivity index (χ4v) is 5.47. The Morgan fingerprint density at radius 1 is 0.867 bits per heavy atom. The van der Waals surface area contributed by atoms with Crippen molar-refractivity contribution in [1.29, 1.82) is 0 Å². The summed E-state index contributed by atoms with van der Waals surface area (Å²) in [6, 6.07) is 13.8. The van der Waals surface area contributed by atoms with Crippen molar-refractivity contribution in [2.75, 3.05) is 13.1 Å². The summed E-state index contributed by atoms with van der Waals surface area (Å²) < 4.78 is 0. The molecular weight excluding hydrogens is 570 g/mol. The number of hydrogen-bond acceptors (Lipinski definition) is 5. The molecule has 0 spiro atoms. The molecule has 3 atom stereocenters. The van der Waals surface area contributed by atoms with Crippen LogP contribution in [0.3, 0.4) is 0 Å². The molecule has 2 bridgehead atoms. The van der Waals surface area contributed by atoms with Crippen LogP contribution in [0.1, 0.15) is 81.3 Å². The number of nitrogens with zero attached hydrogens (tertiary/aromatic N) is 1. The largest absolute Gasteiger partial charge is 0.354 e. The average molecular weight is 618 g/mol. The lowest BCUT2D eigenvalue weighted by atomic mass is 10.0. The molecule has 2 aliphatic heterocycles. The zero-order valence-electron chi connectivity index (χ0n) is 26.9. The fraction of sp³-hybridized carbons (Fsp3) is 0.514. The van der Waals surface area contributed by atoms with E-state index in [-0.39, 0.29) is 29.6 Å². The summed E-state index contributed by atoms with van der Waals surface area (Å²) in [6.45, 7) is 8.87. The third-order valence-corrected chi connectivity index (χ3v) is 8.54. The lowest BCUT2D eigenvalue weighted by molar-refractivity contribution is -0.137. The van der Waals surface area contributed by atoms with Gasteiger partial charge in [-0.1, -0.05) is 63.2 Å². The van der Waals surface area contributed by atoms with Gasteiger partial charge in [0.05, 0.1) is 0 Å². The molecule has 0 aromatic heterocycles. The third-order valence-electron chi connectivity index (χ3n) is 8.54. The quantitative estimate of drug-likeness (QED) is 0.383. The highest BCUT2D eigenvalue weighted by Crippen LogP contribution is 2.46. The first kappa shape index (κ1) is 33.7. The predicted molar refractivity (Wildman–Crippen MR) is 172 cm³/mol. The van der Waals surface area contributed by atoms with Gasteiger partial charge < -0.3 is 26.2 Å². The molecule has 45 heavy (non-hydrogen) atoms. The minimum Gasteiger partial charge on any atom is -0.354 e. The first-order valence-corrected chi connectivity index (χ1v) is 16.1. The summed E-state index contributed by atoms with van der Waals surface area (Å²) in [5, 5.41) is 11.3. The van der Waals surface area contributed by atoms with Gasteiger partial charge in [-0.2, -0.15) is 0 Å². The number of carbonyl (C=O) groups excluding carboxylic acids is 5. The highest BCUT2D eigenvalue weighted by molar-refractivity contribution is 5.99. The Morgan fingerprint density at radius 2 is 1.53 bits per heavy atom. The molecule has 3 aliphatic rings. The van der Waals surface area contributed by atoms with Crippen LogP contribution in [0.25, 0.3) is 0 Å². The fourth-order valence-electron chi connectivity index (χ4n) is 5.47. The molecule has 0 radical (unpaired) electrons. The van der Waals surface area contributed by atoms with Gasteiger partial charge in [-0.3, -0.25) is 24.0 Å². The maximum Gasteiger partial charge on any atom is 0.251 e. The predicted octanol–water partition coefficient (Wildman–Crippen LogP) is 3.10. The maximum atomic E-state index is 13.7.